The van der Waals surface area contributed by atoms with Gasteiger partial charge in [-0.1, -0.05) is 37.8 Å². The lowest BCUT2D eigenvalue weighted by Gasteiger charge is -2.37. The largest absolute Gasteiger partial charge is 0.469 e. The highest BCUT2D eigenvalue weighted by Gasteiger charge is 2.47. The van der Waals surface area contributed by atoms with Gasteiger partial charge in [-0.3, -0.25) is 19.2 Å². The van der Waals surface area contributed by atoms with Crippen molar-refractivity contribution < 1.29 is 24.2 Å². The number of aromatic amines is 1. The molecule has 5 atom stereocenters. The van der Waals surface area contributed by atoms with Gasteiger partial charge >= 0.3 is 5.97 Å². The van der Waals surface area contributed by atoms with Crippen LogP contribution in [-0.4, -0.2) is 75.0 Å². The second-order valence-corrected chi connectivity index (χ2v) is 11.8. The van der Waals surface area contributed by atoms with Crippen molar-refractivity contribution in [3.8, 4) is 11.4 Å². The highest BCUT2D eigenvalue weighted by Crippen LogP contribution is 2.37. The maximum atomic E-state index is 14.0. The standard InChI is InChI=1S/C30H37ClN4O6/c1-3-4-6-18-14-34(16-23-25(18)32-26(33-27(23)37)17-9-11-19(31)12-10-17)29(39)24-13-20(36)15-35(24)28(38)21-7-5-8-22(21)30(40)41-2/h9-12,18,20-22,24,36H,3-8,13-16H2,1-2H3,(H,32,33,37)/t18?,20-,21+,22+,24+/m1/s1. The van der Waals surface area contributed by atoms with Gasteiger partial charge in [-0.15, -0.1) is 0 Å². The topological polar surface area (TPSA) is 133 Å². The quantitative estimate of drug-likeness (QED) is 0.477. The Morgan fingerprint density at radius 2 is 1.85 bits per heavy atom. The molecule has 1 saturated heterocycles. The highest BCUT2D eigenvalue weighted by molar-refractivity contribution is 6.30. The number of aliphatic hydroxyl groups excluding tert-OH is 1. The van der Waals surface area contributed by atoms with Gasteiger partial charge in [0, 0.05) is 36.0 Å². The van der Waals surface area contributed by atoms with Gasteiger partial charge in [0.15, 0.2) is 0 Å². The Kier molecular flexibility index (Phi) is 8.79. The highest BCUT2D eigenvalue weighted by atomic mass is 35.5. The van der Waals surface area contributed by atoms with E-state index in [0.29, 0.717) is 41.5 Å². The molecule has 3 aliphatic rings. The molecule has 41 heavy (non-hydrogen) atoms. The summed E-state index contributed by atoms with van der Waals surface area (Å²) in [5.41, 5.74) is 1.59. The molecule has 0 bridgehead atoms. The van der Waals surface area contributed by atoms with Gasteiger partial charge in [0.2, 0.25) is 11.8 Å². The minimum absolute atomic E-state index is 0.0376. The lowest BCUT2D eigenvalue weighted by atomic mass is 9.90. The molecule has 2 aliphatic heterocycles. The van der Waals surface area contributed by atoms with Crippen molar-refractivity contribution >= 4 is 29.4 Å². The molecule has 10 nitrogen and oxygen atoms in total. The fourth-order valence-corrected chi connectivity index (χ4v) is 6.73. The van der Waals surface area contributed by atoms with Crippen molar-refractivity contribution in [2.75, 3.05) is 20.2 Å². The Hall–Kier alpha value is -3.24. The third-order valence-electron chi connectivity index (χ3n) is 8.74. The summed E-state index contributed by atoms with van der Waals surface area (Å²) in [5.74, 6) is -1.80. The Morgan fingerprint density at radius 3 is 2.56 bits per heavy atom. The first-order chi connectivity index (χ1) is 19.7. The third kappa shape index (κ3) is 5.90. The average Bonchev–Trinajstić information content (AvgIpc) is 3.62. The Morgan fingerprint density at radius 1 is 1.12 bits per heavy atom. The first-order valence-electron chi connectivity index (χ1n) is 14.5. The van der Waals surface area contributed by atoms with Gasteiger partial charge in [0.25, 0.3) is 5.56 Å². The molecule has 1 aliphatic carbocycles. The summed E-state index contributed by atoms with van der Waals surface area (Å²) < 4.78 is 4.92. The first kappa shape index (κ1) is 29.3. The van der Waals surface area contributed by atoms with E-state index in [1.165, 1.54) is 12.0 Å². The average molecular weight is 585 g/mol. The van der Waals surface area contributed by atoms with Gasteiger partial charge < -0.3 is 24.6 Å². The number of H-pyrrole nitrogens is 1. The number of halogens is 1. The van der Waals surface area contributed by atoms with E-state index in [-0.39, 0.29) is 42.8 Å². The van der Waals surface area contributed by atoms with E-state index in [1.54, 1.807) is 29.2 Å². The number of hydrogen-bond acceptors (Lipinski definition) is 7. The zero-order valence-electron chi connectivity index (χ0n) is 23.5. The minimum atomic E-state index is -0.856. The zero-order valence-corrected chi connectivity index (χ0v) is 24.2. The van der Waals surface area contributed by atoms with Crippen LogP contribution in [0.3, 0.4) is 0 Å². The van der Waals surface area contributed by atoms with Crippen LogP contribution in [-0.2, 0) is 25.7 Å². The number of methoxy groups -OCH3 is 1. The molecule has 0 spiro atoms. The van der Waals surface area contributed by atoms with E-state index in [0.717, 1.165) is 31.2 Å². The first-order valence-corrected chi connectivity index (χ1v) is 14.8. The SMILES string of the molecule is CCCCC1CN(C(=O)[C@@H]2C[C@@H](O)CN2C(=O)[C@H]2CCC[C@@H]2C(=O)OC)Cc2c1nc(-c1ccc(Cl)cc1)[nH]c2=O. The van der Waals surface area contributed by atoms with E-state index in [4.69, 9.17) is 21.3 Å². The number of carbonyl (C=O) groups excluding carboxylic acids is 3. The molecule has 1 saturated carbocycles. The fraction of sp³-hybridized carbons (Fsp3) is 0.567. The number of fused-ring (bicyclic) bond motifs is 1. The van der Waals surface area contributed by atoms with E-state index in [2.05, 4.69) is 11.9 Å². The number of aliphatic hydroxyl groups is 1. The molecular formula is C30H37ClN4O6. The molecule has 2 amide bonds. The van der Waals surface area contributed by atoms with Gasteiger partial charge in [0.05, 0.1) is 42.9 Å². The predicted molar refractivity (Wildman–Crippen MR) is 152 cm³/mol. The molecule has 0 radical (unpaired) electrons. The number of amides is 2. The molecule has 11 heteroatoms. The predicted octanol–water partition coefficient (Wildman–Crippen LogP) is 3.26. The lowest BCUT2D eigenvalue weighted by molar-refractivity contribution is -0.153. The van der Waals surface area contributed by atoms with Crippen LogP contribution in [0.15, 0.2) is 29.1 Å². The summed E-state index contributed by atoms with van der Waals surface area (Å²) in [6.07, 6.45) is 3.71. The smallest absolute Gasteiger partial charge is 0.309 e. The molecule has 2 aromatic rings. The molecular weight excluding hydrogens is 548 g/mol. The van der Waals surface area contributed by atoms with Crippen LogP contribution in [0, 0.1) is 11.8 Å². The number of hydrogen-bond donors (Lipinski definition) is 2. The normalized spacial score (nSPS) is 25.7. The van der Waals surface area contributed by atoms with Crippen molar-refractivity contribution in [1.82, 2.24) is 19.8 Å². The number of nitrogens with zero attached hydrogens (tertiary/aromatic N) is 3. The summed E-state index contributed by atoms with van der Waals surface area (Å²) in [7, 11) is 1.31. The number of carbonyl (C=O) groups is 3. The number of benzene rings is 1. The van der Waals surface area contributed by atoms with Crippen LogP contribution in [0.1, 0.15) is 69.0 Å². The number of nitrogens with one attached hydrogen (secondary N) is 1. The monoisotopic (exact) mass is 584 g/mol. The number of ether oxygens (including phenoxy) is 1. The molecule has 1 unspecified atom stereocenters. The van der Waals surface area contributed by atoms with E-state index in [9.17, 15) is 24.3 Å². The van der Waals surface area contributed by atoms with Crippen LogP contribution in [0.4, 0.5) is 0 Å². The molecule has 220 valence electrons. The Bertz CT molecular complexity index is 1360. The third-order valence-corrected chi connectivity index (χ3v) is 9.00. The van der Waals surface area contributed by atoms with Crippen molar-refractivity contribution in [2.24, 2.45) is 11.8 Å². The summed E-state index contributed by atoms with van der Waals surface area (Å²) >= 11 is 6.04. The summed E-state index contributed by atoms with van der Waals surface area (Å²) in [6.45, 7) is 2.56. The Balaban J connectivity index is 1.42. The van der Waals surface area contributed by atoms with E-state index >= 15 is 0 Å². The van der Waals surface area contributed by atoms with Crippen LogP contribution in [0.2, 0.25) is 5.02 Å². The molecule has 1 aromatic carbocycles. The zero-order chi connectivity index (χ0) is 29.3. The van der Waals surface area contributed by atoms with E-state index < -0.39 is 30.0 Å². The second-order valence-electron chi connectivity index (χ2n) is 11.4. The maximum absolute atomic E-state index is 14.0. The van der Waals surface area contributed by atoms with Crippen LogP contribution in [0.5, 0.6) is 0 Å². The van der Waals surface area contributed by atoms with Crippen LogP contribution < -0.4 is 5.56 Å². The summed E-state index contributed by atoms with van der Waals surface area (Å²) in [6, 6.07) is 6.24. The van der Waals surface area contributed by atoms with Gasteiger partial charge in [0.1, 0.15) is 11.9 Å². The van der Waals surface area contributed by atoms with Crippen molar-refractivity contribution in [3.05, 3.63) is 50.9 Å². The van der Waals surface area contributed by atoms with Gasteiger partial charge in [-0.05, 0) is 43.5 Å². The van der Waals surface area contributed by atoms with Gasteiger partial charge in [-0.2, -0.15) is 0 Å². The van der Waals surface area contributed by atoms with Crippen molar-refractivity contribution in [2.45, 2.75) is 76.5 Å². The van der Waals surface area contributed by atoms with Gasteiger partial charge in [-0.25, -0.2) is 4.98 Å². The number of aromatic nitrogens is 2. The molecule has 3 heterocycles. The van der Waals surface area contributed by atoms with Crippen LogP contribution in [0.25, 0.3) is 11.4 Å². The number of unbranched alkanes of at least 4 members (excludes halogenated alkanes) is 1. The molecule has 2 fully saturated rings. The second kappa shape index (κ2) is 12.3. The number of rotatable bonds is 7. The van der Waals surface area contributed by atoms with Crippen molar-refractivity contribution in [1.29, 1.82) is 0 Å². The van der Waals surface area contributed by atoms with E-state index in [1.807, 2.05) is 0 Å². The van der Waals surface area contributed by atoms with Crippen LogP contribution >= 0.6 is 11.6 Å². The molecule has 2 N–H and O–H groups in total. The Labute approximate surface area is 244 Å². The molecule has 1 aromatic heterocycles. The number of esters is 1. The minimum Gasteiger partial charge on any atom is -0.469 e. The molecule has 5 rings (SSSR count). The lowest BCUT2D eigenvalue weighted by Crippen LogP contribution is -2.52. The number of likely N-dealkylation sites (tertiary alicyclic amines) is 1. The summed E-state index contributed by atoms with van der Waals surface area (Å²) in [4.78, 5) is 64.1. The van der Waals surface area contributed by atoms with Crippen molar-refractivity contribution in [3.63, 3.8) is 0 Å². The maximum Gasteiger partial charge on any atom is 0.309 e. The summed E-state index contributed by atoms with van der Waals surface area (Å²) in [5, 5.41) is 11.1. The fourth-order valence-electron chi connectivity index (χ4n) is 6.61. The number of β-amino-alcohol motifs (C(OH)–C–C–N with tert-alkyl or cyclic N) is 1.